The molecule has 1 fully saturated rings. The lowest BCUT2D eigenvalue weighted by molar-refractivity contribution is 0.0607. The van der Waals surface area contributed by atoms with Crippen LogP contribution in [-0.4, -0.2) is 37.6 Å². The van der Waals surface area contributed by atoms with Crippen LogP contribution < -0.4 is 5.56 Å². The van der Waals surface area contributed by atoms with Crippen LogP contribution in [0.25, 0.3) is 0 Å². The fourth-order valence-electron chi connectivity index (χ4n) is 3.41. The average molecular weight is 342 g/mol. The Labute approximate surface area is 143 Å². The lowest BCUT2D eigenvalue weighted by Crippen LogP contribution is -2.41. The molecule has 124 valence electrons. The highest BCUT2D eigenvalue weighted by Crippen LogP contribution is 2.31. The lowest BCUT2D eigenvalue weighted by atomic mass is 9.96. The number of carbonyl (C=O) groups excluding carboxylic acids is 1. The Kier molecular flexibility index (Phi) is 4.10. The van der Waals surface area contributed by atoms with Crippen molar-refractivity contribution in [1.82, 2.24) is 19.4 Å². The van der Waals surface area contributed by atoms with E-state index in [1.165, 1.54) is 6.20 Å². The van der Waals surface area contributed by atoms with Crippen LogP contribution >= 0.6 is 11.8 Å². The molecule has 0 N–H and O–H groups in total. The molecule has 0 radical (unpaired) electrons. The van der Waals surface area contributed by atoms with Gasteiger partial charge in [-0.3, -0.25) is 19.1 Å². The number of pyridine rings is 1. The monoisotopic (exact) mass is 342 g/mol. The van der Waals surface area contributed by atoms with Crippen molar-refractivity contribution in [3.8, 4) is 0 Å². The summed E-state index contributed by atoms with van der Waals surface area (Å²) < 4.78 is 1.61. The van der Waals surface area contributed by atoms with E-state index in [0.717, 1.165) is 30.6 Å². The number of rotatable bonds is 2. The van der Waals surface area contributed by atoms with Crippen LogP contribution in [0.1, 0.15) is 41.2 Å². The normalized spacial score (nSPS) is 20.0. The Morgan fingerprint density at radius 1 is 1.25 bits per heavy atom. The topological polar surface area (TPSA) is 68.1 Å². The number of thioether (sulfide) groups is 1. The molecule has 6 nitrogen and oxygen atoms in total. The molecule has 1 unspecified atom stereocenters. The van der Waals surface area contributed by atoms with Gasteiger partial charge in [0.25, 0.3) is 11.5 Å². The number of aromatic nitrogens is 3. The van der Waals surface area contributed by atoms with Gasteiger partial charge in [0.05, 0.1) is 6.04 Å². The Balaban J connectivity index is 1.69. The molecule has 0 saturated carbocycles. The largest absolute Gasteiger partial charge is 0.331 e. The zero-order chi connectivity index (χ0) is 16.5. The molecule has 2 aliphatic heterocycles. The summed E-state index contributed by atoms with van der Waals surface area (Å²) in [6, 6.07) is 3.86. The summed E-state index contributed by atoms with van der Waals surface area (Å²) in [4.78, 5) is 36.0. The molecule has 4 rings (SSSR count). The van der Waals surface area contributed by atoms with Gasteiger partial charge in [0.2, 0.25) is 0 Å². The Hall–Kier alpha value is -2.15. The minimum atomic E-state index is -0.217. The van der Waals surface area contributed by atoms with Gasteiger partial charge in [0, 0.05) is 37.4 Å². The molecule has 1 amide bonds. The molecule has 0 spiro atoms. The highest BCUT2D eigenvalue weighted by atomic mass is 32.2. The van der Waals surface area contributed by atoms with Crippen molar-refractivity contribution in [1.29, 1.82) is 0 Å². The zero-order valence-corrected chi connectivity index (χ0v) is 14.0. The average Bonchev–Trinajstić information content (AvgIpc) is 3.12. The van der Waals surface area contributed by atoms with Gasteiger partial charge in [0.15, 0.2) is 5.16 Å². The number of carbonyl (C=O) groups is 1. The number of hydrogen-bond acceptors (Lipinski definition) is 5. The molecule has 4 heterocycles. The van der Waals surface area contributed by atoms with E-state index < -0.39 is 0 Å². The molecule has 2 aliphatic rings. The fraction of sp³-hybridized carbons (Fsp3) is 0.412. The first-order valence-electron chi connectivity index (χ1n) is 8.19. The van der Waals surface area contributed by atoms with Crippen LogP contribution in [0.5, 0.6) is 0 Å². The van der Waals surface area contributed by atoms with E-state index in [2.05, 4.69) is 9.97 Å². The zero-order valence-electron chi connectivity index (χ0n) is 13.2. The highest BCUT2D eigenvalue weighted by molar-refractivity contribution is 7.99. The van der Waals surface area contributed by atoms with Gasteiger partial charge in [-0.05, 0) is 30.9 Å². The summed E-state index contributed by atoms with van der Waals surface area (Å²) in [6.07, 6.45) is 7.91. The molecule has 1 atom stereocenters. The van der Waals surface area contributed by atoms with E-state index in [1.54, 1.807) is 28.7 Å². The number of hydrogen-bond donors (Lipinski definition) is 0. The molecule has 24 heavy (non-hydrogen) atoms. The van der Waals surface area contributed by atoms with Gasteiger partial charge in [-0.2, -0.15) is 0 Å². The minimum Gasteiger partial charge on any atom is -0.331 e. The second-order valence-corrected chi connectivity index (χ2v) is 7.12. The van der Waals surface area contributed by atoms with Crippen LogP contribution in [0.4, 0.5) is 0 Å². The van der Waals surface area contributed by atoms with Crippen LogP contribution in [-0.2, 0) is 6.54 Å². The summed E-state index contributed by atoms with van der Waals surface area (Å²) >= 11 is 1.55. The van der Waals surface area contributed by atoms with Crippen molar-refractivity contribution in [3.63, 3.8) is 0 Å². The maximum Gasteiger partial charge on any atom is 0.267 e. The molecular formula is C17H18N4O2S. The molecule has 0 aliphatic carbocycles. The maximum atomic E-state index is 13.0. The first kappa shape index (κ1) is 15.4. The third-order valence-corrected chi connectivity index (χ3v) is 5.59. The van der Waals surface area contributed by atoms with Gasteiger partial charge < -0.3 is 4.90 Å². The van der Waals surface area contributed by atoms with Gasteiger partial charge in [-0.25, -0.2) is 4.98 Å². The van der Waals surface area contributed by atoms with Crippen molar-refractivity contribution in [2.75, 3.05) is 12.3 Å². The summed E-state index contributed by atoms with van der Waals surface area (Å²) in [5.74, 6) is 0.621. The second-order valence-electron chi connectivity index (χ2n) is 6.06. The predicted molar refractivity (Wildman–Crippen MR) is 91.1 cm³/mol. The first-order valence-corrected chi connectivity index (χ1v) is 9.18. The summed E-state index contributed by atoms with van der Waals surface area (Å²) in [7, 11) is 0. The second kappa shape index (κ2) is 6.39. The standard InChI is InChI=1S/C17H18N4O2S/c22-15(13-11-19-17-21(16(13)23)8-9-24-17)20-7-2-1-5-14(20)12-4-3-6-18-10-12/h3-4,6,10-11,14H,1-2,5,7-9H2. The van der Waals surface area contributed by atoms with Gasteiger partial charge in [-0.1, -0.05) is 17.8 Å². The minimum absolute atomic E-state index is 0.0213. The third-order valence-electron chi connectivity index (χ3n) is 4.62. The van der Waals surface area contributed by atoms with E-state index in [1.807, 2.05) is 17.0 Å². The molecule has 0 aromatic carbocycles. The molecule has 2 aromatic rings. The summed E-state index contributed by atoms with van der Waals surface area (Å²) in [5.41, 5.74) is 0.984. The van der Waals surface area contributed by atoms with Crippen molar-refractivity contribution in [2.45, 2.75) is 37.0 Å². The number of nitrogens with zero attached hydrogens (tertiary/aromatic N) is 4. The first-order chi connectivity index (χ1) is 11.8. The highest BCUT2D eigenvalue weighted by Gasteiger charge is 2.31. The van der Waals surface area contributed by atoms with Crippen LogP contribution in [0.3, 0.4) is 0 Å². The van der Waals surface area contributed by atoms with E-state index in [0.29, 0.717) is 18.2 Å². The van der Waals surface area contributed by atoms with Crippen molar-refractivity contribution >= 4 is 17.7 Å². The SMILES string of the molecule is O=C(c1cnc2n(c1=O)CCS2)N1CCCCC1c1cccnc1. The third kappa shape index (κ3) is 2.62. The van der Waals surface area contributed by atoms with E-state index in [-0.39, 0.29) is 23.1 Å². The van der Waals surface area contributed by atoms with Gasteiger partial charge in [-0.15, -0.1) is 0 Å². The Morgan fingerprint density at radius 2 is 2.17 bits per heavy atom. The lowest BCUT2D eigenvalue weighted by Gasteiger charge is -2.35. The number of piperidine rings is 1. The maximum absolute atomic E-state index is 13.0. The summed E-state index contributed by atoms with van der Waals surface area (Å²) in [5, 5.41) is 0.707. The number of likely N-dealkylation sites (tertiary alicyclic amines) is 1. The fourth-order valence-corrected chi connectivity index (χ4v) is 4.33. The van der Waals surface area contributed by atoms with Crippen molar-refractivity contribution < 1.29 is 4.79 Å². The Bertz CT molecular complexity index is 821. The Morgan fingerprint density at radius 3 is 3.00 bits per heavy atom. The number of amides is 1. The molecule has 7 heteroatoms. The van der Waals surface area contributed by atoms with Gasteiger partial charge >= 0.3 is 0 Å². The van der Waals surface area contributed by atoms with Gasteiger partial charge in [0.1, 0.15) is 5.56 Å². The van der Waals surface area contributed by atoms with Crippen LogP contribution in [0, 0.1) is 0 Å². The van der Waals surface area contributed by atoms with Crippen molar-refractivity contribution in [2.24, 2.45) is 0 Å². The van der Waals surface area contributed by atoms with E-state index >= 15 is 0 Å². The molecule has 2 aromatic heterocycles. The molecule has 0 bridgehead atoms. The predicted octanol–water partition coefficient (Wildman–Crippen LogP) is 2.11. The molecular weight excluding hydrogens is 324 g/mol. The van der Waals surface area contributed by atoms with Crippen LogP contribution in [0.15, 0.2) is 40.7 Å². The molecule has 1 saturated heterocycles. The van der Waals surface area contributed by atoms with Crippen LogP contribution in [0.2, 0.25) is 0 Å². The van der Waals surface area contributed by atoms with Crippen molar-refractivity contribution in [3.05, 3.63) is 52.2 Å². The smallest absolute Gasteiger partial charge is 0.267 e. The number of fused-ring (bicyclic) bond motifs is 1. The van der Waals surface area contributed by atoms with E-state index in [9.17, 15) is 9.59 Å². The summed E-state index contributed by atoms with van der Waals surface area (Å²) in [6.45, 7) is 1.29. The quantitative estimate of drug-likeness (QED) is 0.782. The van der Waals surface area contributed by atoms with E-state index in [4.69, 9.17) is 0 Å².